The van der Waals surface area contributed by atoms with E-state index in [2.05, 4.69) is 11.4 Å². The van der Waals surface area contributed by atoms with Crippen LogP contribution in [0.15, 0.2) is 41.7 Å². The Morgan fingerprint density at radius 1 is 1.20 bits per heavy atom. The summed E-state index contributed by atoms with van der Waals surface area (Å²) in [5.74, 6) is 0.487. The molecule has 2 rings (SSSR count). The third-order valence-electron chi connectivity index (χ3n) is 3.32. The number of nitrogens with one attached hydrogen (secondary N) is 1. The Morgan fingerprint density at radius 2 is 1.85 bits per heavy atom. The van der Waals surface area contributed by atoms with E-state index in [1.165, 1.54) is 6.42 Å². The Labute approximate surface area is 124 Å². The fourth-order valence-corrected chi connectivity index (χ4v) is 2.50. The number of nitrogens with zero attached hydrogens (tertiary/aromatic N) is 2. The van der Waals surface area contributed by atoms with Gasteiger partial charge in [0.15, 0.2) is 0 Å². The molecule has 20 heavy (non-hydrogen) atoms. The molecule has 0 unspecified atom stereocenters. The molecule has 0 radical (unpaired) electrons. The molecule has 3 N–H and O–H groups in total. The van der Waals surface area contributed by atoms with E-state index in [-0.39, 0.29) is 0 Å². The lowest BCUT2D eigenvalue weighted by atomic mass is 10.1. The minimum absolute atomic E-state index is 0.353. The first-order valence-corrected chi connectivity index (χ1v) is 7.14. The highest BCUT2D eigenvalue weighted by molar-refractivity contribution is 7.81. The van der Waals surface area contributed by atoms with Gasteiger partial charge < -0.3 is 16.0 Å². The van der Waals surface area contributed by atoms with E-state index in [4.69, 9.17) is 18.0 Å². The van der Waals surface area contributed by atoms with Gasteiger partial charge in [-0.05, 0) is 31.4 Å². The summed E-state index contributed by atoms with van der Waals surface area (Å²) in [6.07, 6.45) is 3.44. The van der Waals surface area contributed by atoms with Gasteiger partial charge in [-0.1, -0.05) is 30.4 Å². The molecule has 1 saturated heterocycles. The molecule has 0 amide bonds. The maximum atomic E-state index is 9.33. The van der Waals surface area contributed by atoms with Crippen LogP contribution in [0.25, 0.3) is 0 Å². The maximum absolute atomic E-state index is 9.33. The predicted molar refractivity (Wildman–Crippen MR) is 84.9 cm³/mol. The number of nitriles is 1. The van der Waals surface area contributed by atoms with Crippen molar-refractivity contribution in [2.75, 3.05) is 18.4 Å². The summed E-state index contributed by atoms with van der Waals surface area (Å²) in [5.41, 5.74) is 7.32. The number of likely N-dealkylation sites (tertiary alicyclic amines) is 1. The van der Waals surface area contributed by atoms with Gasteiger partial charge in [-0.15, -0.1) is 0 Å². The number of para-hydroxylation sites is 1. The Morgan fingerprint density at radius 3 is 2.45 bits per heavy atom. The fraction of sp³-hybridized carbons (Fsp3) is 0.333. The van der Waals surface area contributed by atoms with Gasteiger partial charge in [-0.2, -0.15) is 5.26 Å². The van der Waals surface area contributed by atoms with Gasteiger partial charge in [0.25, 0.3) is 0 Å². The molecule has 1 aliphatic rings. The number of anilines is 1. The molecule has 1 aliphatic heterocycles. The van der Waals surface area contributed by atoms with Gasteiger partial charge in [-0.25, -0.2) is 0 Å². The second-order valence-electron chi connectivity index (χ2n) is 4.74. The van der Waals surface area contributed by atoms with E-state index in [1.807, 2.05) is 35.2 Å². The van der Waals surface area contributed by atoms with Gasteiger partial charge >= 0.3 is 0 Å². The molecule has 1 heterocycles. The highest BCUT2D eigenvalue weighted by Gasteiger charge is 2.17. The van der Waals surface area contributed by atoms with Crippen molar-refractivity contribution in [1.29, 1.82) is 5.26 Å². The van der Waals surface area contributed by atoms with Crippen molar-refractivity contribution < 1.29 is 0 Å². The molecule has 0 aromatic heterocycles. The van der Waals surface area contributed by atoms with Crippen LogP contribution >= 0.6 is 12.2 Å². The third kappa shape index (κ3) is 3.49. The van der Waals surface area contributed by atoms with Gasteiger partial charge in [0.1, 0.15) is 22.5 Å². The molecule has 4 nitrogen and oxygen atoms in total. The Balaban J connectivity index is 2.14. The van der Waals surface area contributed by atoms with Crippen LogP contribution in [0.4, 0.5) is 5.69 Å². The zero-order chi connectivity index (χ0) is 14.4. The van der Waals surface area contributed by atoms with Crippen molar-refractivity contribution in [1.82, 2.24) is 4.90 Å². The van der Waals surface area contributed by atoms with E-state index < -0.39 is 0 Å². The first-order chi connectivity index (χ1) is 9.72. The van der Waals surface area contributed by atoms with Crippen molar-refractivity contribution in [2.45, 2.75) is 19.3 Å². The van der Waals surface area contributed by atoms with Crippen molar-refractivity contribution >= 4 is 22.9 Å². The van der Waals surface area contributed by atoms with Crippen molar-refractivity contribution in [3.63, 3.8) is 0 Å². The van der Waals surface area contributed by atoms with Crippen molar-refractivity contribution in [2.24, 2.45) is 5.73 Å². The number of benzene rings is 1. The first kappa shape index (κ1) is 14.4. The van der Waals surface area contributed by atoms with E-state index in [9.17, 15) is 5.26 Å². The van der Waals surface area contributed by atoms with Crippen LogP contribution in [0, 0.1) is 11.3 Å². The number of piperidine rings is 1. The highest BCUT2D eigenvalue weighted by Crippen LogP contribution is 2.16. The topological polar surface area (TPSA) is 65.1 Å². The standard InChI is InChI=1S/C15H18N4S/c16-11-13(14(17)19-9-5-2-6-10-19)15(20)18-12-7-3-1-4-8-12/h1,3-4,7-8H,2,5-6,9-10,17H2,(H,18,20)/b14-13+. The summed E-state index contributed by atoms with van der Waals surface area (Å²) >= 11 is 5.30. The van der Waals surface area contributed by atoms with Gasteiger partial charge in [0.2, 0.25) is 0 Å². The van der Waals surface area contributed by atoms with E-state index in [0.717, 1.165) is 31.6 Å². The zero-order valence-corrected chi connectivity index (χ0v) is 12.1. The van der Waals surface area contributed by atoms with Gasteiger partial charge in [-0.3, -0.25) is 0 Å². The molecule has 0 spiro atoms. The number of rotatable bonds is 3. The predicted octanol–water partition coefficient (Wildman–Crippen LogP) is 2.61. The smallest absolute Gasteiger partial charge is 0.127 e. The molecule has 0 aliphatic carbocycles. The molecule has 0 bridgehead atoms. The van der Waals surface area contributed by atoms with Crippen LogP contribution < -0.4 is 11.1 Å². The van der Waals surface area contributed by atoms with Crippen LogP contribution in [-0.2, 0) is 0 Å². The summed E-state index contributed by atoms with van der Waals surface area (Å²) in [6, 6.07) is 11.7. The van der Waals surface area contributed by atoms with Gasteiger partial charge in [0.05, 0.1) is 0 Å². The SMILES string of the molecule is N#C/C(C(=S)Nc1ccccc1)=C(/N)N1CCCCC1. The summed E-state index contributed by atoms with van der Waals surface area (Å²) in [4.78, 5) is 2.42. The van der Waals surface area contributed by atoms with Crippen LogP contribution in [0.5, 0.6) is 0 Å². The summed E-state index contributed by atoms with van der Waals surface area (Å²) in [5, 5.41) is 12.4. The van der Waals surface area contributed by atoms with Crippen molar-refractivity contribution in [3.8, 4) is 6.07 Å². The summed E-state index contributed by atoms with van der Waals surface area (Å²) < 4.78 is 0. The lowest BCUT2D eigenvalue weighted by Gasteiger charge is -2.29. The Kier molecular flexibility index (Phi) is 4.97. The lowest BCUT2D eigenvalue weighted by Crippen LogP contribution is -2.35. The number of thiocarbonyl (C=S) groups is 1. The molecular weight excluding hydrogens is 268 g/mol. The Hall–Kier alpha value is -2.06. The molecule has 5 heteroatoms. The molecule has 1 fully saturated rings. The largest absolute Gasteiger partial charge is 0.384 e. The molecule has 0 saturated carbocycles. The third-order valence-corrected chi connectivity index (χ3v) is 3.63. The average Bonchev–Trinajstić information content (AvgIpc) is 2.49. The van der Waals surface area contributed by atoms with Crippen molar-refractivity contribution in [3.05, 3.63) is 41.7 Å². The summed E-state index contributed by atoms with van der Waals surface area (Å²) in [7, 11) is 0. The monoisotopic (exact) mass is 286 g/mol. The van der Waals surface area contributed by atoms with E-state index >= 15 is 0 Å². The number of hydrogen-bond acceptors (Lipinski definition) is 4. The van der Waals surface area contributed by atoms with E-state index in [0.29, 0.717) is 16.4 Å². The number of hydrogen-bond donors (Lipinski definition) is 2. The second-order valence-corrected chi connectivity index (χ2v) is 5.15. The number of nitrogens with two attached hydrogens (primary N) is 1. The minimum Gasteiger partial charge on any atom is -0.384 e. The normalized spacial score (nSPS) is 16.1. The minimum atomic E-state index is 0.353. The molecule has 104 valence electrons. The highest BCUT2D eigenvalue weighted by atomic mass is 32.1. The quantitative estimate of drug-likeness (QED) is 0.508. The van der Waals surface area contributed by atoms with Crippen LogP contribution in [0.2, 0.25) is 0 Å². The lowest BCUT2D eigenvalue weighted by molar-refractivity contribution is 0.282. The van der Waals surface area contributed by atoms with E-state index in [1.54, 1.807) is 0 Å². The maximum Gasteiger partial charge on any atom is 0.127 e. The molecular formula is C15H18N4S. The second kappa shape index (κ2) is 6.92. The zero-order valence-electron chi connectivity index (χ0n) is 11.3. The van der Waals surface area contributed by atoms with Crippen LogP contribution in [0.3, 0.4) is 0 Å². The molecule has 1 aromatic carbocycles. The molecule has 1 aromatic rings. The van der Waals surface area contributed by atoms with Crippen LogP contribution in [0.1, 0.15) is 19.3 Å². The first-order valence-electron chi connectivity index (χ1n) is 6.73. The van der Waals surface area contributed by atoms with Gasteiger partial charge in [0, 0.05) is 18.8 Å². The average molecular weight is 286 g/mol. The fourth-order valence-electron chi connectivity index (χ4n) is 2.23. The Bertz CT molecular complexity index is 539. The summed E-state index contributed by atoms with van der Waals surface area (Å²) in [6.45, 7) is 1.79. The molecule has 0 atom stereocenters. The van der Waals surface area contributed by atoms with Crippen LogP contribution in [-0.4, -0.2) is 23.0 Å².